The molecule has 1 rings (SSSR count). The van der Waals surface area contributed by atoms with Crippen LogP contribution in [0.3, 0.4) is 0 Å². The minimum Gasteiger partial charge on any atom is -0.466 e. The van der Waals surface area contributed by atoms with Crippen molar-refractivity contribution in [3.05, 3.63) is 0 Å². The summed E-state index contributed by atoms with van der Waals surface area (Å²) in [5, 5.41) is 0. The summed E-state index contributed by atoms with van der Waals surface area (Å²) < 4.78 is 4.97. The van der Waals surface area contributed by atoms with Crippen molar-refractivity contribution in [3.63, 3.8) is 0 Å². The minimum atomic E-state index is -0.0641. The number of carbonyl (C=O) groups excluding carboxylic acids is 1. The Labute approximate surface area is 90.2 Å². The van der Waals surface area contributed by atoms with E-state index in [1.54, 1.807) is 0 Å². The Bertz CT molecular complexity index is 181. The molecule has 1 atom stereocenters. The van der Waals surface area contributed by atoms with E-state index in [0.29, 0.717) is 6.61 Å². The van der Waals surface area contributed by atoms with Gasteiger partial charge in [-0.3, -0.25) is 4.79 Å². The van der Waals surface area contributed by atoms with Crippen molar-refractivity contribution in [1.82, 2.24) is 4.90 Å². The zero-order valence-electron chi connectivity index (χ0n) is 8.99. The van der Waals surface area contributed by atoms with Crippen molar-refractivity contribution in [1.29, 1.82) is 0 Å². The van der Waals surface area contributed by atoms with Crippen molar-refractivity contribution in [2.75, 3.05) is 37.7 Å². The molecule has 0 spiro atoms. The van der Waals surface area contributed by atoms with Crippen LogP contribution in [-0.4, -0.2) is 48.6 Å². The molecule has 1 unspecified atom stereocenters. The van der Waals surface area contributed by atoms with Gasteiger partial charge in [-0.2, -0.15) is 11.8 Å². The van der Waals surface area contributed by atoms with Gasteiger partial charge in [0.05, 0.1) is 12.5 Å². The van der Waals surface area contributed by atoms with Gasteiger partial charge in [0, 0.05) is 31.1 Å². The monoisotopic (exact) mass is 217 g/mol. The topological polar surface area (TPSA) is 29.5 Å². The molecule has 0 N–H and O–H groups in total. The number of ether oxygens (including phenoxy) is 1. The summed E-state index contributed by atoms with van der Waals surface area (Å²) in [7, 11) is 0. The number of esters is 1. The predicted octanol–water partition coefficient (Wildman–Crippen LogP) is 1.23. The second-order valence-corrected chi connectivity index (χ2v) is 4.79. The number of carbonyl (C=O) groups is 1. The molecule has 1 aliphatic rings. The lowest BCUT2D eigenvalue weighted by molar-refractivity contribution is -0.148. The van der Waals surface area contributed by atoms with E-state index in [9.17, 15) is 4.79 Å². The molecule has 14 heavy (non-hydrogen) atoms. The van der Waals surface area contributed by atoms with Crippen molar-refractivity contribution < 1.29 is 9.53 Å². The highest BCUT2D eigenvalue weighted by Gasteiger charge is 2.19. The largest absolute Gasteiger partial charge is 0.466 e. The summed E-state index contributed by atoms with van der Waals surface area (Å²) in [5.74, 6) is 2.33. The fourth-order valence-electron chi connectivity index (χ4n) is 1.53. The Hall–Kier alpha value is -0.220. The highest BCUT2D eigenvalue weighted by molar-refractivity contribution is 7.99. The molecule has 0 radical (unpaired) electrons. The van der Waals surface area contributed by atoms with E-state index >= 15 is 0 Å². The Morgan fingerprint density at radius 3 is 2.71 bits per heavy atom. The molecule has 3 nitrogen and oxygen atoms in total. The van der Waals surface area contributed by atoms with Gasteiger partial charge in [-0.05, 0) is 6.92 Å². The van der Waals surface area contributed by atoms with E-state index < -0.39 is 0 Å². The summed E-state index contributed by atoms with van der Waals surface area (Å²) in [6.45, 7) is 7.34. The molecule has 1 heterocycles. The number of nitrogens with zero attached hydrogens (tertiary/aromatic N) is 1. The third kappa shape index (κ3) is 3.88. The molecule has 0 aromatic heterocycles. The van der Waals surface area contributed by atoms with Gasteiger partial charge in [-0.25, -0.2) is 0 Å². The Morgan fingerprint density at radius 2 is 2.14 bits per heavy atom. The van der Waals surface area contributed by atoms with Crippen LogP contribution in [0.25, 0.3) is 0 Å². The van der Waals surface area contributed by atoms with Crippen molar-refractivity contribution in [2.24, 2.45) is 5.92 Å². The van der Waals surface area contributed by atoms with Gasteiger partial charge in [0.2, 0.25) is 0 Å². The molecule has 82 valence electrons. The van der Waals surface area contributed by atoms with Crippen molar-refractivity contribution in [3.8, 4) is 0 Å². The molecule has 0 bridgehead atoms. The van der Waals surface area contributed by atoms with Crippen LogP contribution in [0.4, 0.5) is 0 Å². The quantitative estimate of drug-likeness (QED) is 0.663. The molecule has 0 aliphatic carbocycles. The fourth-order valence-corrected chi connectivity index (χ4v) is 2.51. The normalized spacial score (nSPS) is 20.4. The molecule has 0 aromatic rings. The first-order valence-corrected chi connectivity index (χ1v) is 6.36. The molecule has 4 heteroatoms. The second kappa shape index (κ2) is 6.30. The number of hydrogen-bond acceptors (Lipinski definition) is 4. The first-order valence-electron chi connectivity index (χ1n) is 5.20. The molecule has 0 aromatic carbocycles. The van der Waals surface area contributed by atoms with Crippen LogP contribution >= 0.6 is 11.8 Å². The highest BCUT2D eigenvalue weighted by atomic mass is 32.2. The summed E-state index contributed by atoms with van der Waals surface area (Å²) in [6.07, 6.45) is 0. The van der Waals surface area contributed by atoms with Gasteiger partial charge < -0.3 is 9.64 Å². The standard InChI is InChI=1S/C10H19NO2S/c1-3-13-10(12)9(2)8-11-4-6-14-7-5-11/h9H,3-8H2,1-2H3. The second-order valence-electron chi connectivity index (χ2n) is 3.57. The molecule has 0 saturated carbocycles. The molecule has 1 saturated heterocycles. The summed E-state index contributed by atoms with van der Waals surface area (Å²) in [5.41, 5.74) is 0. The Kier molecular flexibility index (Phi) is 5.33. The maximum atomic E-state index is 11.4. The molecular formula is C10H19NO2S. The van der Waals surface area contributed by atoms with Crippen LogP contribution in [0.2, 0.25) is 0 Å². The van der Waals surface area contributed by atoms with E-state index in [1.807, 2.05) is 25.6 Å². The first kappa shape index (κ1) is 11.9. The molecule has 0 amide bonds. The van der Waals surface area contributed by atoms with Gasteiger partial charge in [0.25, 0.3) is 0 Å². The van der Waals surface area contributed by atoms with E-state index in [-0.39, 0.29) is 11.9 Å². The van der Waals surface area contributed by atoms with E-state index in [0.717, 1.165) is 19.6 Å². The van der Waals surface area contributed by atoms with Crippen LogP contribution in [-0.2, 0) is 9.53 Å². The van der Waals surface area contributed by atoms with Crippen LogP contribution < -0.4 is 0 Å². The van der Waals surface area contributed by atoms with Crippen LogP contribution in [0.5, 0.6) is 0 Å². The van der Waals surface area contributed by atoms with Gasteiger partial charge in [0.15, 0.2) is 0 Å². The maximum Gasteiger partial charge on any atom is 0.309 e. The van der Waals surface area contributed by atoms with Crippen LogP contribution in [0.15, 0.2) is 0 Å². The molecule has 1 fully saturated rings. The lowest BCUT2D eigenvalue weighted by Gasteiger charge is -2.27. The lowest BCUT2D eigenvalue weighted by Crippen LogP contribution is -2.38. The zero-order chi connectivity index (χ0) is 10.4. The average molecular weight is 217 g/mol. The molecular weight excluding hydrogens is 198 g/mol. The van der Waals surface area contributed by atoms with Gasteiger partial charge in [-0.1, -0.05) is 6.92 Å². The van der Waals surface area contributed by atoms with Crippen LogP contribution in [0.1, 0.15) is 13.8 Å². The van der Waals surface area contributed by atoms with E-state index in [4.69, 9.17) is 4.74 Å². The first-order chi connectivity index (χ1) is 6.74. The zero-order valence-corrected chi connectivity index (χ0v) is 9.81. The average Bonchev–Trinajstić information content (AvgIpc) is 2.19. The van der Waals surface area contributed by atoms with E-state index in [1.165, 1.54) is 11.5 Å². The summed E-state index contributed by atoms with van der Waals surface area (Å²) in [6, 6.07) is 0. The number of rotatable bonds is 4. The maximum absolute atomic E-state index is 11.4. The number of hydrogen-bond donors (Lipinski definition) is 0. The summed E-state index contributed by atoms with van der Waals surface area (Å²) >= 11 is 1.99. The minimum absolute atomic E-state index is 0.0121. The summed E-state index contributed by atoms with van der Waals surface area (Å²) in [4.78, 5) is 13.7. The van der Waals surface area contributed by atoms with Crippen LogP contribution in [0, 0.1) is 5.92 Å². The smallest absolute Gasteiger partial charge is 0.309 e. The SMILES string of the molecule is CCOC(=O)C(C)CN1CCSCC1. The third-order valence-corrected chi connectivity index (χ3v) is 3.27. The lowest BCUT2D eigenvalue weighted by atomic mass is 10.1. The Morgan fingerprint density at radius 1 is 1.50 bits per heavy atom. The number of thioether (sulfide) groups is 1. The van der Waals surface area contributed by atoms with Crippen molar-refractivity contribution in [2.45, 2.75) is 13.8 Å². The van der Waals surface area contributed by atoms with Gasteiger partial charge >= 0.3 is 5.97 Å². The highest BCUT2D eigenvalue weighted by Crippen LogP contribution is 2.11. The van der Waals surface area contributed by atoms with E-state index in [2.05, 4.69) is 4.90 Å². The van der Waals surface area contributed by atoms with Gasteiger partial charge in [0.1, 0.15) is 0 Å². The Balaban J connectivity index is 2.24. The van der Waals surface area contributed by atoms with Gasteiger partial charge in [-0.15, -0.1) is 0 Å². The third-order valence-electron chi connectivity index (χ3n) is 2.32. The predicted molar refractivity (Wildman–Crippen MR) is 59.6 cm³/mol. The van der Waals surface area contributed by atoms with Crippen molar-refractivity contribution >= 4 is 17.7 Å². The molecule has 1 aliphatic heterocycles. The fraction of sp³-hybridized carbons (Fsp3) is 0.900.